The predicted molar refractivity (Wildman–Crippen MR) is 59.1 cm³/mol. The third kappa shape index (κ3) is 1.51. The Morgan fingerprint density at radius 1 is 1.31 bits per heavy atom. The third-order valence-corrected chi connectivity index (χ3v) is 4.27. The second kappa shape index (κ2) is 2.70. The lowest BCUT2D eigenvalue weighted by Gasteiger charge is -2.15. The molecule has 0 saturated carbocycles. The van der Waals surface area contributed by atoms with Crippen molar-refractivity contribution in [3.05, 3.63) is 24.5 Å². The molecule has 0 amide bonds. The van der Waals surface area contributed by atoms with Gasteiger partial charge in [0.25, 0.3) is 0 Å². The number of rotatable bonds is 1. The molecule has 0 fully saturated rings. The number of hydrogen-bond acceptors (Lipinski definition) is 1. The summed E-state index contributed by atoms with van der Waals surface area (Å²) in [5, 5.41) is 2.64. The fourth-order valence-corrected chi connectivity index (χ4v) is 2.39. The molecule has 0 aromatic carbocycles. The molecule has 1 N–H and O–H groups in total. The minimum Gasteiger partial charge on any atom is -0.346 e. The van der Waals surface area contributed by atoms with Gasteiger partial charge in [0.15, 0.2) is 0 Å². The molecule has 0 spiro atoms. The maximum atomic E-state index is 4.39. The number of H-pyrrole nitrogens is 1. The van der Waals surface area contributed by atoms with Crippen molar-refractivity contribution < 1.29 is 0 Å². The minimum absolute atomic E-state index is 0.988. The zero-order valence-electron chi connectivity index (χ0n) is 8.26. The first-order valence-electron chi connectivity index (χ1n) is 4.51. The van der Waals surface area contributed by atoms with Crippen molar-refractivity contribution in [1.29, 1.82) is 0 Å². The summed E-state index contributed by atoms with van der Waals surface area (Å²) >= 11 is 0. The van der Waals surface area contributed by atoms with Crippen molar-refractivity contribution in [2.45, 2.75) is 19.6 Å². The van der Waals surface area contributed by atoms with Crippen LogP contribution in [0, 0.1) is 0 Å². The summed E-state index contributed by atoms with van der Waals surface area (Å²) in [5.41, 5.74) is 0.988. The molecule has 2 aromatic heterocycles. The van der Waals surface area contributed by atoms with Crippen LogP contribution < -0.4 is 5.19 Å². The molecule has 0 aliphatic carbocycles. The molecule has 0 atom stereocenters. The van der Waals surface area contributed by atoms with Crippen molar-refractivity contribution in [2.24, 2.45) is 0 Å². The first-order valence-corrected chi connectivity index (χ1v) is 8.01. The summed E-state index contributed by atoms with van der Waals surface area (Å²) in [7, 11) is -1.20. The fraction of sp³-hybridized carbons (Fsp3) is 0.300. The SMILES string of the molecule is C[Si](C)(C)c1cnc2[nH]ccc2c1. The predicted octanol–water partition coefficient (Wildman–Crippen LogP) is 2.11. The fourth-order valence-electron chi connectivity index (χ4n) is 1.35. The average Bonchev–Trinajstić information content (AvgIpc) is 2.47. The highest BCUT2D eigenvalue weighted by molar-refractivity contribution is 6.88. The van der Waals surface area contributed by atoms with Crippen molar-refractivity contribution in [1.82, 2.24) is 9.97 Å². The van der Waals surface area contributed by atoms with Crippen LogP contribution in [0.5, 0.6) is 0 Å². The molecule has 0 unspecified atom stereocenters. The number of fused-ring (bicyclic) bond motifs is 1. The van der Waals surface area contributed by atoms with Crippen molar-refractivity contribution >= 4 is 24.3 Å². The van der Waals surface area contributed by atoms with Gasteiger partial charge in [-0.15, -0.1) is 0 Å². The van der Waals surface area contributed by atoms with Gasteiger partial charge in [0, 0.05) is 17.8 Å². The Kier molecular flexibility index (Phi) is 1.77. The van der Waals surface area contributed by atoms with E-state index in [9.17, 15) is 0 Å². The highest BCUT2D eigenvalue weighted by atomic mass is 28.3. The van der Waals surface area contributed by atoms with Gasteiger partial charge in [-0.2, -0.15) is 0 Å². The Labute approximate surface area is 79.0 Å². The second-order valence-corrected chi connectivity index (χ2v) is 9.47. The lowest BCUT2D eigenvalue weighted by Crippen LogP contribution is -2.37. The van der Waals surface area contributed by atoms with Crippen molar-refractivity contribution in [3.8, 4) is 0 Å². The molecule has 0 aliphatic rings. The normalized spacial score (nSPS) is 12.2. The summed E-state index contributed by atoms with van der Waals surface area (Å²) < 4.78 is 0. The Morgan fingerprint density at radius 3 is 2.77 bits per heavy atom. The average molecular weight is 190 g/mol. The van der Waals surface area contributed by atoms with E-state index in [-0.39, 0.29) is 0 Å². The van der Waals surface area contributed by atoms with Crippen LogP contribution >= 0.6 is 0 Å². The van der Waals surface area contributed by atoms with Gasteiger partial charge in [0.1, 0.15) is 5.65 Å². The molecule has 2 heterocycles. The quantitative estimate of drug-likeness (QED) is 0.685. The maximum absolute atomic E-state index is 4.39. The van der Waals surface area contributed by atoms with Gasteiger partial charge in [0.2, 0.25) is 0 Å². The molecule has 2 nitrogen and oxygen atoms in total. The number of aromatic amines is 1. The van der Waals surface area contributed by atoms with Gasteiger partial charge >= 0.3 is 0 Å². The van der Waals surface area contributed by atoms with Crippen molar-refractivity contribution in [3.63, 3.8) is 0 Å². The molecule has 2 rings (SSSR count). The van der Waals surface area contributed by atoms with E-state index in [1.165, 1.54) is 10.6 Å². The van der Waals surface area contributed by atoms with Crippen LogP contribution in [0.15, 0.2) is 24.5 Å². The number of hydrogen-bond donors (Lipinski definition) is 1. The zero-order chi connectivity index (χ0) is 9.47. The van der Waals surface area contributed by atoms with E-state index < -0.39 is 8.07 Å². The van der Waals surface area contributed by atoms with Crippen LogP contribution in [-0.4, -0.2) is 18.0 Å². The summed E-state index contributed by atoms with van der Waals surface area (Å²) in [6.45, 7) is 7.01. The highest BCUT2D eigenvalue weighted by Gasteiger charge is 2.16. The lowest BCUT2D eigenvalue weighted by atomic mass is 10.3. The number of nitrogens with zero attached hydrogens (tertiary/aromatic N) is 1. The third-order valence-electron chi connectivity index (χ3n) is 2.27. The zero-order valence-corrected chi connectivity index (χ0v) is 9.26. The van der Waals surface area contributed by atoms with E-state index in [1.54, 1.807) is 0 Å². The van der Waals surface area contributed by atoms with E-state index in [1.807, 2.05) is 12.4 Å². The minimum atomic E-state index is -1.20. The van der Waals surface area contributed by atoms with Crippen LogP contribution in [0.3, 0.4) is 0 Å². The topological polar surface area (TPSA) is 28.7 Å². The monoisotopic (exact) mass is 190 g/mol. The molecule has 0 aliphatic heterocycles. The number of nitrogens with one attached hydrogen (secondary N) is 1. The van der Waals surface area contributed by atoms with E-state index in [4.69, 9.17) is 0 Å². The molecule has 13 heavy (non-hydrogen) atoms. The van der Waals surface area contributed by atoms with Gasteiger partial charge < -0.3 is 4.98 Å². The summed E-state index contributed by atoms with van der Waals surface area (Å²) in [6.07, 6.45) is 3.94. The van der Waals surface area contributed by atoms with Gasteiger partial charge in [-0.3, -0.25) is 0 Å². The molecule has 0 bridgehead atoms. The van der Waals surface area contributed by atoms with Crippen LogP contribution in [0.2, 0.25) is 19.6 Å². The van der Waals surface area contributed by atoms with E-state index in [0.29, 0.717) is 0 Å². The molecule has 3 heteroatoms. The molecule has 0 radical (unpaired) electrons. The molecule has 0 saturated heterocycles. The first kappa shape index (κ1) is 8.50. The Morgan fingerprint density at radius 2 is 2.08 bits per heavy atom. The van der Waals surface area contributed by atoms with E-state index in [2.05, 4.69) is 41.7 Å². The van der Waals surface area contributed by atoms with Crippen LogP contribution in [0.1, 0.15) is 0 Å². The van der Waals surface area contributed by atoms with Crippen LogP contribution in [-0.2, 0) is 0 Å². The standard InChI is InChI=1S/C10H14N2Si/c1-13(2,3)9-6-8-4-5-11-10(8)12-7-9/h4-7H,1-3H3,(H,11,12). The van der Waals surface area contributed by atoms with Gasteiger partial charge in [-0.1, -0.05) is 25.7 Å². The van der Waals surface area contributed by atoms with Gasteiger partial charge in [0.05, 0.1) is 8.07 Å². The summed E-state index contributed by atoms with van der Waals surface area (Å²) in [6, 6.07) is 4.33. The lowest BCUT2D eigenvalue weighted by molar-refractivity contribution is 1.33. The molecule has 68 valence electrons. The molecular weight excluding hydrogens is 176 g/mol. The Hall–Kier alpha value is -1.09. The maximum Gasteiger partial charge on any atom is 0.137 e. The molecular formula is C10H14N2Si. The first-order chi connectivity index (χ1) is 6.07. The summed E-state index contributed by atoms with van der Waals surface area (Å²) in [4.78, 5) is 7.49. The largest absolute Gasteiger partial charge is 0.346 e. The number of aromatic nitrogens is 2. The number of pyridine rings is 1. The molecule has 2 aromatic rings. The second-order valence-electron chi connectivity index (χ2n) is 4.39. The van der Waals surface area contributed by atoms with E-state index >= 15 is 0 Å². The van der Waals surface area contributed by atoms with Crippen LogP contribution in [0.25, 0.3) is 11.0 Å². The van der Waals surface area contributed by atoms with Gasteiger partial charge in [-0.25, -0.2) is 4.98 Å². The summed E-state index contributed by atoms with van der Waals surface area (Å²) in [5.74, 6) is 0. The van der Waals surface area contributed by atoms with E-state index in [0.717, 1.165) is 5.65 Å². The highest BCUT2D eigenvalue weighted by Crippen LogP contribution is 2.09. The van der Waals surface area contributed by atoms with Crippen molar-refractivity contribution in [2.75, 3.05) is 0 Å². The smallest absolute Gasteiger partial charge is 0.137 e. The van der Waals surface area contributed by atoms with Gasteiger partial charge in [-0.05, 0) is 11.3 Å². The Bertz CT molecular complexity index is 426. The van der Waals surface area contributed by atoms with Crippen LogP contribution in [0.4, 0.5) is 0 Å². The Balaban J connectivity index is 2.61.